The predicted octanol–water partition coefficient (Wildman–Crippen LogP) is 2.56. The molecule has 2 rings (SSSR count). The van der Waals surface area contributed by atoms with Crippen LogP contribution in [0.1, 0.15) is 5.56 Å². The summed E-state index contributed by atoms with van der Waals surface area (Å²) in [4.78, 5) is 0. The summed E-state index contributed by atoms with van der Waals surface area (Å²) in [7, 11) is 0. The molecule has 0 saturated carbocycles. The van der Waals surface area contributed by atoms with E-state index < -0.39 is 0 Å². The molecule has 1 aliphatic heterocycles. The van der Waals surface area contributed by atoms with Crippen LogP contribution in [0.2, 0.25) is 0 Å². The first kappa shape index (κ1) is 8.29. The summed E-state index contributed by atoms with van der Waals surface area (Å²) in [6, 6.07) is 5.09. The molecule has 0 amide bonds. The summed E-state index contributed by atoms with van der Waals surface area (Å²) >= 11 is 2.25. The zero-order valence-electron chi connectivity index (χ0n) is 6.39. The monoisotopic (exact) mass is 278 g/mol. The quantitative estimate of drug-likeness (QED) is 0.566. The van der Waals surface area contributed by atoms with Crippen LogP contribution in [0.15, 0.2) is 18.2 Å². The zero-order chi connectivity index (χ0) is 8.55. The number of hydrogen-bond acceptors (Lipinski definition) is 1. The van der Waals surface area contributed by atoms with Gasteiger partial charge in [-0.15, -0.1) is 0 Å². The largest absolute Gasteiger partial charge is 0.486 e. The van der Waals surface area contributed by atoms with Crippen molar-refractivity contribution in [3.8, 4) is 5.75 Å². The maximum absolute atomic E-state index is 13.1. The van der Waals surface area contributed by atoms with Crippen LogP contribution < -0.4 is 4.74 Å². The average molecular weight is 278 g/mol. The van der Waals surface area contributed by atoms with Crippen molar-refractivity contribution in [1.82, 2.24) is 0 Å². The molecule has 0 aromatic heterocycles. The van der Waals surface area contributed by atoms with E-state index in [4.69, 9.17) is 4.74 Å². The van der Waals surface area contributed by atoms with Gasteiger partial charge in [0.2, 0.25) is 0 Å². The third-order valence-corrected chi connectivity index (χ3v) is 2.94. The SMILES string of the molecule is Fc1cccc2c1O[C@@H](CI)C2. The van der Waals surface area contributed by atoms with E-state index in [0.29, 0.717) is 5.75 Å². The minimum atomic E-state index is -0.236. The molecular formula is C9H8FIO. The number of hydrogen-bond donors (Lipinski definition) is 0. The smallest absolute Gasteiger partial charge is 0.165 e. The van der Waals surface area contributed by atoms with Crippen LogP contribution in [0, 0.1) is 5.82 Å². The van der Waals surface area contributed by atoms with E-state index in [1.165, 1.54) is 6.07 Å². The first-order valence-corrected chi connectivity index (χ1v) is 5.34. The van der Waals surface area contributed by atoms with Crippen molar-refractivity contribution >= 4 is 22.6 Å². The summed E-state index contributed by atoms with van der Waals surface area (Å²) < 4.78 is 19.4. The number of ether oxygens (including phenoxy) is 1. The molecule has 64 valence electrons. The molecule has 0 radical (unpaired) electrons. The molecule has 0 fully saturated rings. The summed E-state index contributed by atoms with van der Waals surface area (Å²) in [6.45, 7) is 0. The van der Waals surface area contributed by atoms with Crippen molar-refractivity contribution in [1.29, 1.82) is 0 Å². The highest BCUT2D eigenvalue weighted by atomic mass is 127. The number of rotatable bonds is 1. The average Bonchev–Trinajstić information content (AvgIpc) is 2.49. The van der Waals surface area contributed by atoms with E-state index in [-0.39, 0.29) is 11.9 Å². The van der Waals surface area contributed by atoms with Crippen molar-refractivity contribution in [2.45, 2.75) is 12.5 Å². The first-order valence-electron chi connectivity index (χ1n) is 3.81. The van der Waals surface area contributed by atoms with E-state index in [2.05, 4.69) is 22.6 Å². The Labute approximate surface area is 84.1 Å². The van der Waals surface area contributed by atoms with Gasteiger partial charge in [-0.1, -0.05) is 34.7 Å². The van der Waals surface area contributed by atoms with Gasteiger partial charge in [0.15, 0.2) is 11.6 Å². The second-order valence-electron chi connectivity index (χ2n) is 2.83. The molecule has 1 heterocycles. The van der Waals surface area contributed by atoms with Crippen molar-refractivity contribution in [3.05, 3.63) is 29.6 Å². The summed E-state index contributed by atoms with van der Waals surface area (Å²) in [5, 5.41) is 0. The molecule has 0 N–H and O–H groups in total. The molecule has 1 nitrogen and oxygen atoms in total. The first-order chi connectivity index (χ1) is 5.81. The van der Waals surface area contributed by atoms with Gasteiger partial charge in [-0.25, -0.2) is 4.39 Å². The molecular weight excluding hydrogens is 270 g/mol. The van der Waals surface area contributed by atoms with E-state index in [0.717, 1.165) is 16.4 Å². The van der Waals surface area contributed by atoms with Crippen LogP contribution in [0.5, 0.6) is 5.75 Å². The molecule has 0 unspecified atom stereocenters. The van der Waals surface area contributed by atoms with Gasteiger partial charge in [-0.3, -0.25) is 0 Å². The second-order valence-corrected chi connectivity index (χ2v) is 3.71. The third kappa shape index (κ3) is 1.30. The molecule has 1 atom stereocenters. The highest BCUT2D eigenvalue weighted by Crippen LogP contribution is 2.31. The van der Waals surface area contributed by atoms with Gasteiger partial charge < -0.3 is 4.74 Å². The summed E-state index contributed by atoms with van der Waals surface area (Å²) in [5.41, 5.74) is 0.997. The maximum Gasteiger partial charge on any atom is 0.165 e. The molecule has 0 saturated heterocycles. The number of fused-ring (bicyclic) bond motifs is 1. The zero-order valence-corrected chi connectivity index (χ0v) is 8.55. The van der Waals surface area contributed by atoms with E-state index in [1.54, 1.807) is 6.07 Å². The topological polar surface area (TPSA) is 9.23 Å². The molecule has 1 aliphatic rings. The Morgan fingerprint density at radius 3 is 3.08 bits per heavy atom. The van der Waals surface area contributed by atoms with Crippen molar-refractivity contribution in [3.63, 3.8) is 0 Å². The van der Waals surface area contributed by atoms with E-state index >= 15 is 0 Å². The highest BCUT2D eigenvalue weighted by Gasteiger charge is 2.24. The molecule has 12 heavy (non-hydrogen) atoms. The van der Waals surface area contributed by atoms with Gasteiger partial charge in [0.05, 0.1) is 0 Å². The fraction of sp³-hybridized carbons (Fsp3) is 0.333. The lowest BCUT2D eigenvalue weighted by Gasteiger charge is -2.05. The fourth-order valence-corrected chi connectivity index (χ4v) is 1.88. The Hall–Kier alpha value is -0.320. The number of alkyl halides is 1. The number of para-hydroxylation sites is 1. The van der Waals surface area contributed by atoms with E-state index in [9.17, 15) is 4.39 Å². The fourth-order valence-electron chi connectivity index (χ4n) is 1.39. The minimum Gasteiger partial charge on any atom is -0.486 e. The predicted molar refractivity (Wildman–Crippen MR) is 53.4 cm³/mol. The third-order valence-electron chi connectivity index (χ3n) is 1.95. The van der Waals surface area contributed by atoms with Crippen molar-refractivity contribution < 1.29 is 9.13 Å². The standard InChI is InChI=1S/C9H8FIO/c10-8-3-1-2-6-4-7(5-11)12-9(6)8/h1-3,7H,4-5H2/t7-/m1/s1. The Bertz CT molecular complexity index is 301. The second kappa shape index (κ2) is 3.20. The van der Waals surface area contributed by atoms with Crippen molar-refractivity contribution in [2.75, 3.05) is 4.43 Å². The van der Waals surface area contributed by atoms with Gasteiger partial charge in [-0.2, -0.15) is 0 Å². The number of halogens is 2. The lowest BCUT2D eigenvalue weighted by atomic mass is 10.1. The Morgan fingerprint density at radius 1 is 1.58 bits per heavy atom. The van der Waals surface area contributed by atoms with Crippen LogP contribution in [-0.2, 0) is 6.42 Å². The minimum absolute atomic E-state index is 0.164. The highest BCUT2D eigenvalue weighted by molar-refractivity contribution is 14.1. The van der Waals surface area contributed by atoms with Crippen LogP contribution in [0.3, 0.4) is 0 Å². The van der Waals surface area contributed by atoms with Gasteiger partial charge in [0.1, 0.15) is 6.10 Å². The molecule has 0 aliphatic carbocycles. The van der Waals surface area contributed by atoms with Gasteiger partial charge in [0, 0.05) is 16.4 Å². The lowest BCUT2D eigenvalue weighted by molar-refractivity contribution is 0.252. The number of benzene rings is 1. The normalized spacial score (nSPS) is 20.3. The maximum atomic E-state index is 13.1. The van der Waals surface area contributed by atoms with Crippen LogP contribution >= 0.6 is 22.6 Å². The van der Waals surface area contributed by atoms with Crippen LogP contribution in [-0.4, -0.2) is 10.5 Å². The Kier molecular flexibility index (Phi) is 2.21. The molecule has 1 aromatic carbocycles. The Balaban J connectivity index is 2.35. The molecule has 1 aromatic rings. The van der Waals surface area contributed by atoms with E-state index in [1.807, 2.05) is 6.07 Å². The summed E-state index contributed by atoms with van der Waals surface area (Å²) in [6.07, 6.45) is 1.01. The Morgan fingerprint density at radius 2 is 2.42 bits per heavy atom. The van der Waals surface area contributed by atoms with Gasteiger partial charge in [0.25, 0.3) is 0 Å². The van der Waals surface area contributed by atoms with Gasteiger partial charge in [-0.05, 0) is 6.07 Å². The lowest BCUT2D eigenvalue weighted by Crippen LogP contribution is -2.13. The molecule has 0 bridgehead atoms. The van der Waals surface area contributed by atoms with Gasteiger partial charge >= 0.3 is 0 Å². The van der Waals surface area contributed by atoms with Crippen LogP contribution in [0.4, 0.5) is 4.39 Å². The van der Waals surface area contributed by atoms with Crippen LogP contribution in [0.25, 0.3) is 0 Å². The molecule has 3 heteroatoms. The summed E-state index contributed by atoms with van der Waals surface area (Å²) in [5.74, 6) is 0.221. The van der Waals surface area contributed by atoms with Crippen molar-refractivity contribution in [2.24, 2.45) is 0 Å². The molecule has 0 spiro atoms.